The second kappa shape index (κ2) is 6.58. The molecule has 0 amide bonds. The second-order valence-electron chi connectivity index (χ2n) is 5.36. The maximum absolute atomic E-state index is 3.40. The average Bonchev–Trinajstić information content (AvgIpc) is 2.27. The molecule has 0 aromatic carbocycles. The number of piperazine rings is 1. The molecule has 3 heteroatoms. The summed E-state index contributed by atoms with van der Waals surface area (Å²) in [5, 5.41) is 3.40. The van der Waals surface area contributed by atoms with Crippen LogP contribution < -0.4 is 5.32 Å². The van der Waals surface area contributed by atoms with Crippen molar-refractivity contribution >= 4 is 0 Å². The molecule has 3 nitrogen and oxygen atoms in total. The highest BCUT2D eigenvalue weighted by Crippen LogP contribution is 2.20. The van der Waals surface area contributed by atoms with Crippen LogP contribution in [-0.2, 0) is 0 Å². The van der Waals surface area contributed by atoms with E-state index in [-0.39, 0.29) is 0 Å². The minimum absolute atomic E-state index is 1.02. The van der Waals surface area contributed by atoms with Crippen LogP contribution in [0.25, 0.3) is 0 Å². The summed E-state index contributed by atoms with van der Waals surface area (Å²) in [4.78, 5) is 5.22. The van der Waals surface area contributed by atoms with E-state index in [1.807, 2.05) is 0 Å². The van der Waals surface area contributed by atoms with Gasteiger partial charge in [-0.1, -0.05) is 13.3 Å². The third-order valence-electron chi connectivity index (χ3n) is 3.89. The average molecular weight is 225 g/mol. The van der Waals surface area contributed by atoms with Gasteiger partial charge in [-0.25, -0.2) is 0 Å². The molecular formula is C13H27N3. The Labute approximate surface area is 100 Å². The third-order valence-corrected chi connectivity index (χ3v) is 3.89. The Hall–Kier alpha value is -0.120. The summed E-state index contributed by atoms with van der Waals surface area (Å²) < 4.78 is 0. The van der Waals surface area contributed by atoms with Crippen LogP contribution in [-0.4, -0.2) is 62.2 Å². The van der Waals surface area contributed by atoms with Gasteiger partial charge in [0.2, 0.25) is 0 Å². The lowest BCUT2D eigenvalue weighted by atomic mass is 9.95. The summed E-state index contributed by atoms with van der Waals surface area (Å²) in [6.07, 6.45) is 4.16. The summed E-state index contributed by atoms with van der Waals surface area (Å²) in [5.41, 5.74) is 0. The van der Waals surface area contributed by atoms with Gasteiger partial charge in [0, 0.05) is 39.3 Å². The van der Waals surface area contributed by atoms with Crippen molar-refractivity contribution in [2.75, 3.05) is 52.4 Å². The van der Waals surface area contributed by atoms with Crippen LogP contribution in [0.4, 0.5) is 0 Å². The van der Waals surface area contributed by atoms with Crippen molar-refractivity contribution in [3.63, 3.8) is 0 Å². The van der Waals surface area contributed by atoms with Crippen LogP contribution in [0.2, 0.25) is 0 Å². The molecule has 0 radical (unpaired) electrons. The first-order valence-corrected chi connectivity index (χ1v) is 7.04. The van der Waals surface area contributed by atoms with E-state index in [0.29, 0.717) is 0 Å². The van der Waals surface area contributed by atoms with E-state index in [9.17, 15) is 0 Å². The van der Waals surface area contributed by atoms with Crippen LogP contribution in [0.3, 0.4) is 0 Å². The highest BCUT2D eigenvalue weighted by atomic mass is 15.2. The zero-order valence-corrected chi connectivity index (χ0v) is 10.7. The van der Waals surface area contributed by atoms with Crippen LogP contribution in [0.15, 0.2) is 0 Å². The summed E-state index contributed by atoms with van der Waals surface area (Å²) in [7, 11) is 0. The van der Waals surface area contributed by atoms with Gasteiger partial charge >= 0.3 is 0 Å². The van der Waals surface area contributed by atoms with Crippen molar-refractivity contribution in [2.45, 2.75) is 26.2 Å². The molecule has 2 rings (SSSR count). The standard InChI is InChI=1S/C13H27N3/c1-2-4-13-11-16(12-13)8-3-7-15-9-5-14-6-10-15/h13-14H,2-12H2,1H3. The number of hydrogen-bond acceptors (Lipinski definition) is 3. The fourth-order valence-corrected chi connectivity index (χ4v) is 2.90. The minimum Gasteiger partial charge on any atom is -0.314 e. The smallest absolute Gasteiger partial charge is 0.0107 e. The zero-order chi connectivity index (χ0) is 11.2. The maximum Gasteiger partial charge on any atom is 0.0107 e. The fraction of sp³-hybridized carbons (Fsp3) is 1.00. The van der Waals surface area contributed by atoms with E-state index in [0.717, 1.165) is 5.92 Å². The number of rotatable bonds is 6. The molecular weight excluding hydrogens is 198 g/mol. The van der Waals surface area contributed by atoms with Gasteiger partial charge in [-0.2, -0.15) is 0 Å². The quantitative estimate of drug-likeness (QED) is 0.728. The lowest BCUT2D eigenvalue weighted by Crippen LogP contribution is -2.48. The molecule has 2 aliphatic heterocycles. The fourth-order valence-electron chi connectivity index (χ4n) is 2.90. The van der Waals surface area contributed by atoms with Crippen molar-refractivity contribution in [3.05, 3.63) is 0 Å². The molecule has 2 heterocycles. The van der Waals surface area contributed by atoms with Crippen LogP contribution in [0, 0.1) is 5.92 Å². The van der Waals surface area contributed by atoms with Gasteiger partial charge < -0.3 is 15.1 Å². The molecule has 0 spiro atoms. The molecule has 16 heavy (non-hydrogen) atoms. The first-order valence-electron chi connectivity index (χ1n) is 7.04. The molecule has 0 saturated carbocycles. The molecule has 0 aromatic rings. The molecule has 94 valence electrons. The highest BCUT2D eigenvalue weighted by molar-refractivity contribution is 4.79. The number of likely N-dealkylation sites (tertiary alicyclic amines) is 1. The van der Waals surface area contributed by atoms with E-state index in [4.69, 9.17) is 0 Å². The Bertz CT molecular complexity index is 184. The monoisotopic (exact) mass is 225 g/mol. The Morgan fingerprint density at radius 1 is 1.06 bits per heavy atom. The largest absolute Gasteiger partial charge is 0.314 e. The van der Waals surface area contributed by atoms with Crippen LogP contribution >= 0.6 is 0 Å². The Balaban J connectivity index is 1.46. The van der Waals surface area contributed by atoms with E-state index < -0.39 is 0 Å². The molecule has 0 unspecified atom stereocenters. The first-order chi connectivity index (χ1) is 7.88. The molecule has 2 aliphatic rings. The molecule has 0 bridgehead atoms. The lowest BCUT2D eigenvalue weighted by molar-refractivity contribution is 0.0871. The highest BCUT2D eigenvalue weighted by Gasteiger charge is 2.24. The van der Waals surface area contributed by atoms with Gasteiger partial charge in [-0.15, -0.1) is 0 Å². The topological polar surface area (TPSA) is 18.5 Å². The second-order valence-corrected chi connectivity index (χ2v) is 5.36. The van der Waals surface area contributed by atoms with E-state index in [1.165, 1.54) is 71.6 Å². The molecule has 0 aliphatic carbocycles. The Morgan fingerprint density at radius 3 is 2.44 bits per heavy atom. The Kier molecular flexibility index (Phi) is 5.07. The lowest BCUT2D eigenvalue weighted by Gasteiger charge is -2.39. The molecule has 1 N–H and O–H groups in total. The van der Waals surface area contributed by atoms with Crippen molar-refractivity contribution < 1.29 is 0 Å². The maximum atomic E-state index is 3.40. The van der Waals surface area contributed by atoms with E-state index in [2.05, 4.69) is 22.0 Å². The van der Waals surface area contributed by atoms with Crippen molar-refractivity contribution in [1.29, 1.82) is 0 Å². The minimum atomic E-state index is 1.02. The van der Waals surface area contributed by atoms with Gasteiger partial charge in [0.05, 0.1) is 0 Å². The molecule has 2 saturated heterocycles. The summed E-state index contributed by atoms with van der Waals surface area (Å²) in [6, 6.07) is 0. The predicted octanol–water partition coefficient (Wildman–Crippen LogP) is 1.01. The van der Waals surface area contributed by atoms with Gasteiger partial charge in [-0.05, 0) is 31.8 Å². The summed E-state index contributed by atoms with van der Waals surface area (Å²) in [6.45, 7) is 12.5. The number of nitrogens with one attached hydrogen (secondary N) is 1. The van der Waals surface area contributed by atoms with Crippen LogP contribution in [0.5, 0.6) is 0 Å². The van der Waals surface area contributed by atoms with Crippen molar-refractivity contribution in [2.24, 2.45) is 5.92 Å². The van der Waals surface area contributed by atoms with Crippen molar-refractivity contribution in [3.8, 4) is 0 Å². The summed E-state index contributed by atoms with van der Waals surface area (Å²) >= 11 is 0. The molecule has 0 aromatic heterocycles. The third kappa shape index (κ3) is 3.72. The van der Waals surface area contributed by atoms with Gasteiger partial charge in [-0.3, -0.25) is 0 Å². The van der Waals surface area contributed by atoms with Crippen LogP contribution in [0.1, 0.15) is 26.2 Å². The van der Waals surface area contributed by atoms with Gasteiger partial charge in [0.15, 0.2) is 0 Å². The van der Waals surface area contributed by atoms with E-state index in [1.54, 1.807) is 0 Å². The molecule has 0 atom stereocenters. The first kappa shape index (κ1) is 12.3. The Morgan fingerprint density at radius 2 is 1.75 bits per heavy atom. The predicted molar refractivity (Wildman–Crippen MR) is 68.8 cm³/mol. The van der Waals surface area contributed by atoms with Gasteiger partial charge in [0.25, 0.3) is 0 Å². The SMILES string of the molecule is CCCC1CN(CCCN2CCNCC2)C1. The van der Waals surface area contributed by atoms with Gasteiger partial charge in [0.1, 0.15) is 0 Å². The van der Waals surface area contributed by atoms with Crippen molar-refractivity contribution in [1.82, 2.24) is 15.1 Å². The normalized spacial score (nSPS) is 24.6. The van der Waals surface area contributed by atoms with E-state index >= 15 is 0 Å². The number of nitrogens with zero attached hydrogens (tertiary/aromatic N) is 2. The number of hydrogen-bond donors (Lipinski definition) is 1. The summed E-state index contributed by atoms with van der Waals surface area (Å²) in [5.74, 6) is 1.02. The molecule has 2 fully saturated rings. The zero-order valence-electron chi connectivity index (χ0n) is 10.7.